The molecule has 0 fully saturated rings. The van der Waals surface area contributed by atoms with E-state index in [0.29, 0.717) is 0 Å². The predicted octanol–water partition coefficient (Wildman–Crippen LogP) is 9.01. The van der Waals surface area contributed by atoms with Gasteiger partial charge >= 0.3 is 246 Å². The van der Waals surface area contributed by atoms with Crippen LogP contribution < -0.4 is 0 Å². The van der Waals surface area contributed by atoms with E-state index in [1.165, 1.54) is 22.5 Å². The number of rotatable bonds is 6. The van der Waals surface area contributed by atoms with Gasteiger partial charge in [-0.2, -0.15) is 0 Å². The molecule has 2 aromatic rings. The summed E-state index contributed by atoms with van der Waals surface area (Å²) in [6.45, 7) is 13.5. The Balaban J connectivity index is 1.89. The van der Waals surface area contributed by atoms with Crippen LogP contribution in [0.1, 0.15) is 103 Å². The van der Waals surface area contributed by atoms with Crippen LogP contribution in [-0.2, 0) is 10.8 Å². The van der Waals surface area contributed by atoms with Crippen LogP contribution in [0.4, 0.5) is 0 Å². The summed E-state index contributed by atoms with van der Waals surface area (Å²) in [4.78, 5) is 10.7. The molecule has 0 amide bonds. The Kier molecular flexibility index (Phi) is 6.79. The second-order valence-electron chi connectivity index (χ2n) is 11.1. The van der Waals surface area contributed by atoms with Crippen molar-refractivity contribution < 1.29 is 0 Å². The average molecular weight is 668 g/mol. The second-order valence-corrected chi connectivity index (χ2v) is 24.9. The molecule has 4 nitrogen and oxygen atoms in total. The van der Waals surface area contributed by atoms with Crippen LogP contribution in [-0.4, -0.2) is 33.7 Å². The Bertz CT molecular complexity index is 1430. The zero-order chi connectivity index (χ0) is 27.7. The van der Waals surface area contributed by atoms with E-state index in [4.69, 9.17) is 27.8 Å². The van der Waals surface area contributed by atoms with Crippen LogP contribution in [0.15, 0.2) is 69.9 Å². The van der Waals surface area contributed by atoms with Gasteiger partial charge in [0.2, 0.25) is 0 Å². The van der Waals surface area contributed by atoms with Crippen molar-refractivity contribution in [2.45, 2.75) is 90.9 Å². The van der Waals surface area contributed by atoms with E-state index >= 15 is 0 Å². The third kappa shape index (κ3) is 3.50. The van der Waals surface area contributed by atoms with Crippen molar-refractivity contribution in [3.05, 3.63) is 82.7 Å². The molecule has 0 aliphatic carbocycles. The molecule has 204 valence electrons. The van der Waals surface area contributed by atoms with Crippen LogP contribution >= 0.6 is 17.8 Å². The van der Waals surface area contributed by atoms with Crippen LogP contribution in [0, 0.1) is 0 Å². The fourth-order valence-corrected chi connectivity index (χ4v) is 19.2. The maximum absolute atomic E-state index is 8.06. The SMILES string of the molecule is CC/C1=C2\C=CC(=N2)C(CC)(CC)c2ccc3[n]2[Sn]([Cl])([Cl])[n]2c1ccc2C(CC)(CC)C1=N/C(=C\3CC)C=C1. The molecule has 7 heteroatoms. The monoisotopic (exact) mass is 668 g/mol. The van der Waals surface area contributed by atoms with E-state index in [1.807, 2.05) is 0 Å². The van der Waals surface area contributed by atoms with Crippen molar-refractivity contribution >= 4 is 57.1 Å². The quantitative estimate of drug-likeness (QED) is 0.276. The van der Waals surface area contributed by atoms with Gasteiger partial charge in [0, 0.05) is 0 Å². The number of hydrogen-bond donors (Lipinski definition) is 0. The van der Waals surface area contributed by atoms with Gasteiger partial charge in [-0.3, -0.25) is 0 Å². The van der Waals surface area contributed by atoms with Crippen molar-refractivity contribution in [2.24, 2.45) is 9.98 Å². The van der Waals surface area contributed by atoms with Gasteiger partial charge in [0.05, 0.1) is 0 Å². The Labute approximate surface area is 244 Å². The minimum atomic E-state index is -4.50. The predicted molar refractivity (Wildman–Crippen MR) is 169 cm³/mol. The van der Waals surface area contributed by atoms with Crippen molar-refractivity contribution in [2.75, 3.05) is 0 Å². The number of allylic oxidation sites excluding steroid dienone is 6. The molecule has 39 heavy (non-hydrogen) atoms. The molecule has 0 aromatic carbocycles. The first-order valence-electron chi connectivity index (χ1n) is 14.6. The summed E-state index contributed by atoms with van der Waals surface area (Å²) in [7, 11) is 16.1. The molecule has 6 bridgehead atoms. The summed E-state index contributed by atoms with van der Waals surface area (Å²) < 4.78 is 4.83. The number of nitrogens with zero attached hydrogens (tertiary/aromatic N) is 4. The van der Waals surface area contributed by atoms with Gasteiger partial charge in [-0.05, 0) is 0 Å². The van der Waals surface area contributed by atoms with Gasteiger partial charge in [0.25, 0.3) is 0 Å². The first-order chi connectivity index (χ1) is 18.8. The third-order valence-electron chi connectivity index (χ3n) is 9.90. The van der Waals surface area contributed by atoms with Crippen LogP contribution in [0.5, 0.6) is 0 Å². The molecule has 6 heterocycles. The molecule has 0 radical (unpaired) electrons. The van der Waals surface area contributed by atoms with E-state index in [-0.39, 0.29) is 10.8 Å². The molecule has 6 rings (SSSR count). The van der Waals surface area contributed by atoms with Crippen molar-refractivity contribution in [1.82, 2.24) is 5.58 Å². The van der Waals surface area contributed by atoms with Gasteiger partial charge in [0.1, 0.15) is 0 Å². The van der Waals surface area contributed by atoms with Crippen LogP contribution in [0.25, 0.3) is 11.1 Å². The second kappa shape index (κ2) is 9.66. The average Bonchev–Trinajstić information content (AvgIpc) is 3.75. The normalized spacial score (nSPS) is 25.1. The maximum atomic E-state index is 8.06. The molecule has 0 saturated carbocycles. The number of aliphatic imine (C=N–C) groups is 2. The van der Waals surface area contributed by atoms with Gasteiger partial charge in [-0.15, -0.1) is 0 Å². The van der Waals surface area contributed by atoms with E-state index in [2.05, 4.69) is 95.7 Å². The Morgan fingerprint density at radius 3 is 1.33 bits per heavy atom. The van der Waals surface area contributed by atoms with Gasteiger partial charge < -0.3 is 0 Å². The van der Waals surface area contributed by atoms with Crippen molar-refractivity contribution in [3.8, 4) is 0 Å². The number of aromatic nitrogens is 2. The first-order valence-corrected chi connectivity index (χ1v) is 24.4. The molecule has 4 aliphatic heterocycles. The van der Waals surface area contributed by atoms with Gasteiger partial charge in [0.15, 0.2) is 0 Å². The van der Waals surface area contributed by atoms with Crippen LogP contribution in [0.2, 0.25) is 0 Å². The topological polar surface area (TPSA) is 34.6 Å². The Morgan fingerprint density at radius 1 is 0.615 bits per heavy atom. The van der Waals surface area contributed by atoms with Crippen LogP contribution in [0.3, 0.4) is 0 Å². The zero-order valence-electron chi connectivity index (χ0n) is 23.9. The molecule has 0 N–H and O–H groups in total. The number of fused-ring (bicyclic) bond motifs is 2. The van der Waals surface area contributed by atoms with Gasteiger partial charge in [-0.1, -0.05) is 0 Å². The van der Waals surface area contributed by atoms with Crippen molar-refractivity contribution in [3.63, 3.8) is 0 Å². The van der Waals surface area contributed by atoms with E-state index in [0.717, 1.165) is 72.7 Å². The molecular formula is C32H38Cl2N4Sn. The number of halogens is 2. The molecule has 0 spiro atoms. The van der Waals surface area contributed by atoms with E-state index < -0.39 is 16.7 Å². The molecule has 0 atom stereocenters. The van der Waals surface area contributed by atoms with Gasteiger partial charge in [-0.25, -0.2) is 0 Å². The minimum absolute atomic E-state index is 0.285. The molecule has 0 unspecified atom stereocenters. The Morgan fingerprint density at radius 2 is 1.00 bits per heavy atom. The molecule has 4 aliphatic rings. The fourth-order valence-electron chi connectivity index (χ4n) is 7.56. The number of hydrogen-bond acceptors (Lipinski definition) is 2. The zero-order valence-corrected chi connectivity index (χ0v) is 28.3. The standard InChI is InChI=1S/C32H38N4.2ClH.Sn/c1-7-21-23-13-17-27(33-23)31(9-3,10-4)29-19-15-25(35-29)22(8-2)26-16-20-30(36-26)32(11-5,12-6)28-18-14-24(21)34-28;;;/h13-20H,7-12H2,1-6H3;2*1H;/q-2;;;+4/p-2/b23-21-,26-22-;;;. The molecule has 2 aromatic heterocycles. The summed E-state index contributed by atoms with van der Waals surface area (Å²) in [5.74, 6) is 0. The Hall–Kier alpha value is -1.76. The molecule has 0 saturated heterocycles. The summed E-state index contributed by atoms with van der Waals surface area (Å²) >= 11 is -4.50. The summed E-state index contributed by atoms with van der Waals surface area (Å²) in [5, 5.41) is 0. The first kappa shape index (κ1) is 27.4. The summed E-state index contributed by atoms with van der Waals surface area (Å²) in [6.07, 6.45) is 14.3. The molecular weight excluding hydrogens is 630 g/mol. The fraction of sp³-hybridized carbons (Fsp3) is 0.438. The summed E-state index contributed by atoms with van der Waals surface area (Å²) in [6, 6.07) is 9.07. The summed E-state index contributed by atoms with van der Waals surface area (Å²) in [5.41, 5.74) is 10.8. The third-order valence-corrected chi connectivity index (χ3v) is 20.3. The van der Waals surface area contributed by atoms with E-state index in [1.54, 1.807) is 0 Å². The van der Waals surface area contributed by atoms with E-state index in [9.17, 15) is 0 Å². The van der Waals surface area contributed by atoms with Crippen molar-refractivity contribution in [1.29, 1.82) is 0 Å².